The molecule has 37 heavy (non-hydrogen) atoms. The van der Waals surface area contributed by atoms with E-state index in [-0.39, 0.29) is 5.75 Å². The van der Waals surface area contributed by atoms with Gasteiger partial charge in [-0.25, -0.2) is 0 Å². The highest BCUT2D eigenvalue weighted by molar-refractivity contribution is 7.85. The van der Waals surface area contributed by atoms with E-state index in [1.807, 2.05) is 91.0 Å². The van der Waals surface area contributed by atoms with Gasteiger partial charge in [0, 0.05) is 37.1 Å². The van der Waals surface area contributed by atoms with Crippen LogP contribution in [0.1, 0.15) is 0 Å². The summed E-state index contributed by atoms with van der Waals surface area (Å²) < 4.78 is 15.6. The van der Waals surface area contributed by atoms with E-state index in [9.17, 15) is 5.11 Å². The zero-order chi connectivity index (χ0) is 25.6. The molecular weight excluding hydrogens is 518 g/mol. The molecule has 0 saturated carbocycles. The molecule has 180 valence electrons. The van der Waals surface area contributed by atoms with Crippen molar-refractivity contribution >= 4 is 67.8 Å². The third-order valence-corrected chi connectivity index (χ3v) is 10.4. The Morgan fingerprint density at radius 2 is 0.973 bits per heavy atom. The van der Waals surface area contributed by atoms with Gasteiger partial charge in [0.25, 0.3) is 0 Å². The number of aromatic hydroxyl groups is 1. The summed E-state index contributed by atoms with van der Waals surface area (Å²) in [6, 6.07) is 37.8. The monoisotopic (exact) mass is 538 g/mol. The lowest BCUT2D eigenvalue weighted by molar-refractivity contribution is 0.478. The second-order valence-electron chi connectivity index (χ2n) is 8.92. The van der Waals surface area contributed by atoms with Crippen LogP contribution in [0.2, 0.25) is 10.0 Å². The average Bonchev–Trinajstić information content (AvgIpc) is 2.93. The van der Waals surface area contributed by atoms with Crippen LogP contribution in [0, 0.1) is 0 Å². The highest BCUT2D eigenvalue weighted by Crippen LogP contribution is 2.49. The Bertz CT molecular complexity index is 1780. The summed E-state index contributed by atoms with van der Waals surface area (Å²) >= 11 is 12.5. The summed E-state index contributed by atoms with van der Waals surface area (Å²) in [4.78, 5) is 0. The largest absolute Gasteiger partial charge is 0.507 e. The third kappa shape index (κ3) is 4.03. The van der Waals surface area contributed by atoms with Crippen molar-refractivity contribution < 1.29 is 9.67 Å². The maximum atomic E-state index is 15.6. The fourth-order valence-corrected chi connectivity index (χ4v) is 8.11. The van der Waals surface area contributed by atoms with E-state index in [2.05, 4.69) is 0 Å². The number of halogens is 2. The first kappa shape index (κ1) is 23.8. The molecule has 0 heterocycles. The van der Waals surface area contributed by atoms with Crippen LogP contribution in [0.5, 0.6) is 5.75 Å². The lowest BCUT2D eigenvalue weighted by atomic mass is 9.93. The molecule has 0 spiro atoms. The van der Waals surface area contributed by atoms with Crippen molar-refractivity contribution in [2.75, 3.05) is 0 Å². The summed E-state index contributed by atoms with van der Waals surface area (Å²) in [6.45, 7) is 0. The van der Waals surface area contributed by atoms with Crippen LogP contribution >= 0.6 is 30.3 Å². The minimum absolute atomic E-state index is 0.134. The minimum Gasteiger partial charge on any atom is -0.507 e. The van der Waals surface area contributed by atoms with E-state index in [1.165, 1.54) is 0 Å². The zero-order valence-electron chi connectivity index (χ0n) is 19.6. The fraction of sp³-hybridized carbons (Fsp3) is 0. The number of phenolic OH excluding ortho intramolecular Hbond substituents is 1. The highest BCUT2D eigenvalue weighted by atomic mass is 35.5. The molecule has 0 aliphatic rings. The van der Waals surface area contributed by atoms with E-state index in [0.717, 1.165) is 27.1 Å². The molecule has 0 aromatic heterocycles. The van der Waals surface area contributed by atoms with Crippen molar-refractivity contribution in [3.05, 3.63) is 131 Å². The van der Waals surface area contributed by atoms with Gasteiger partial charge in [-0.3, -0.25) is 0 Å². The number of benzene rings is 6. The molecule has 0 radical (unpaired) electrons. The van der Waals surface area contributed by atoms with Crippen LogP contribution in [0.25, 0.3) is 32.7 Å². The average molecular weight is 539 g/mol. The lowest BCUT2D eigenvalue weighted by Crippen LogP contribution is -2.26. The SMILES string of the molecule is O=P(c1ccc(Cl)cc1)(c1ccc(Cl)cc1)c1ccc2ccccc2c1-c1c(O)ccc2ccccc12. The van der Waals surface area contributed by atoms with E-state index in [1.54, 1.807) is 30.3 Å². The van der Waals surface area contributed by atoms with Gasteiger partial charge in [-0.1, -0.05) is 83.9 Å². The normalized spacial score (nSPS) is 11.7. The predicted octanol–water partition coefficient (Wildman–Crippen LogP) is 8.31. The summed E-state index contributed by atoms with van der Waals surface area (Å²) in [6.07, 6.45) is 0. The topological polar surface area (TPSA) is 37.3 Å². The Kier molecular flexibility index (Phi) is 6.05. The van der Waals surface area contributed by atoms with E-state index < -0.39 is 7.14 Å². The summed E-state index contributed by atoms with van der Waals surface area (Å²) in [5.41, 5.74) is 1.41. The number of fused-ring (bicyclic) bond motifs is 2. The first-order valence-electron chi connectivity index (χ1n) is 11.8. The van der Waals surface area contributed by atoms with Crippen molar-refractivity contribution in [2.24, 2.45) is 0 Å². The van der Waals surface area contributed by atoms with Gasteiger partial charge in [-0.15, -0.1) is 0 Å². The molecule has 0 bridgehead atoms. The van der Waals surface area contributed by atoms with E-state index in [4.69, 9.17) is 23.2 Å². The van der Waals surface area contributed by atoms with Crippen LogP contribution < -0.4 is 15.9 Å². The van der Waals surface area contributed by atoms with Crippen molar-refractivity contribution in [2.45, 2.75) is 0 Å². The van der Waals surface area contributed by atoms with E-state index in [0.29, 0.717) is 31.5 Å². The van der Waals surface area contributed by atoms with Crippen molar-refractivity contribution in [1.82, 2.24) is 0 Å². The maximum Gasteiger partial charge on any atom is 0.171 e. The van der Waals surface area contributed by atoms with Gasteiger partial charge < -0.3 is 9.67 Å². The van der Waals surface area contributed by atoms with Crippen molar-refractivity contribution in [3.8, 4) is 16.9 Å². The highest BCUT2D eigenvalue weighted by Gasteiger charge is 2.34. The molecule has 0 fully saturated rings. The third-order valence-electron chi connectivity index (χ3n) is 6.78. The minimum atomic E-state index is -3.45. The maximum absolute atomic E-state index is 15.6. The predicted molar refractivity (Wildman–Crippen MR) is 158 cm³/mol. The van der Waals surface area contributed by atoms with Crippen LogP contribution in [0.3, 0.4) is 0 Å². The molecule has 6 rings (SSSR count). The first-order chi connectivity index (χ1) is 18.0. The van der Waals surface area contributed by atoms with Gasteiger partial charge in [0.1, 0.15) is 5.75 Å². The Hall–Kier alpha value is -3.55. The van der Waals surface area contributed by atoms with Crippen LogP contribution in [0.4, 0.5) is 0 Å². The van der Waals surface area contributed by atoms with Crippen LogP contribution in [0.15, 0.2) is 121 Å². The molecule has 2 nitrogen and oxygen atoms in total. The molecule has 0 amide bonds. The lowest BCUT2D eigenvalue weighted by Gasteiger charge is -2.25. The molecule has 0 saturated heterocycles. The second-order valence-corrected chi connectivity index (χ2v) is 12.5. The quantitative estimate of drug-likeness (QED) is 0.229. The van der Waals surface area contributed by atoms with E-state index >= 15 is 4.57 Å². The summed E-state index contributed by atoms with van der Waals surface area (Å²) in [5.74, 6) is 0.134. The molecular formula is C32H21Cl2O2P. The standard InChI is InChI=1S/C32H21Cl2O2P/c33-23-11-15-25(16-12-23)37(36,26-17-13-24(34)14-18-26)30-20-10-22-6-2-4-8-28(22)32(30)31-27-7-3-1-5-21(27)9-19-29(31)35/h1-20,35H. The van der Waals surface area contributed by atoms with Gasteiger partial charge in [-0.05, 0) is 82.2 Å². The van der Waals surface area contributed by atoms with Crippen LogP contribution in [-0.4, -0.2) is 5.11 Å². The number of rotatable bonds is 4. The molecule has 0 atom stereocenters. The van der Waals surface area contributed by atoms with Gasteiger partial charge in [0.05, 0.1) is 0 Å². The van der Waals surface area contributed by atoms with Gasteiger partial charge in [0.15, 0.2) is 7.14 Å². The number of hydrogen-bond donors (Lipinski definition) is 1. The Balaban J connectivity index is 1.80. The Morgan fingerprint density at radius 3 is 1.51 bits per heavy atom. The van der Waals surface area contributed by atoms with Gasteiger partial charge in [-0.2, -0.15) is 0 Å². The number of phenols is 1. The second kappa shape index (κ2) is 9.39. The number of hydrogen-bond acceptors (Lipinski definition) is 2. The van der Waals surface area contributed by atoms with Crippen molar-refractivity contribution in [1.29, 1.82) is 0 Å². The Labute approximate surface area is 225 Å². The molecule has 0 unspecified atom stereocenters. The van der Waals surface area contributed by atoms with Crippen molar-refractivity contribution in [3.63, 3.8) is 0 Å². The fourth-order valence-electron chi connectivity index (χ4n) is 5.04. The molecule has 0 aliphatic carbocycles. The Morgan fingerprint density at radius 1 is 0.514 bits per heavy atom. The molecule has 6 aromatic carbocycles. The molecule has 5 heteroatoms. The van der Waals surface area contributed by atoms with Gasteiger partial charge in [0.2, 0.25) is 0 Å². The summed E-state index contributed by atoms with van der Waals surface area (Å²) in [5, 5.41) is 18.2. The van der Waals surface area contributed by atoms with Gasteiger partial charge >= 0.3 is 0 Å². The zero-order valence-corrected chi connectivity index (χ0v) is 22.0. The molecule has 0 aliphatic heterocycles. The molecule has 6 aromatic rings. The molecule has 1 N–H and O–H groups in total. The first-order valence-corrected chi connectivity index (χ1v) is 14.3. The smallest absolute Gasteiger partial charge is 0.171 e. The summed E-state index contributed by atoms with van der Waals surface area (Å²) in [7, 11) is -3.45. The van der Waals surface area contributed by atoms with Crippen LogP contribution in [-0.2, 0) is 4.57 Å².